The van der Waals surface area contributed by atoms with Gasteiger partial charge in [-0.2, -0.15) is 0 Å². The van der Waals surface area contributed by atoms with Crippen molar-refractivity contribution in [1.82, 2.24) is 10.1 Å². The third-order valence-electron chi connectivity index (χ3n) is 2.99. The third kappa shape index (κ3) is 3.01. The van der Waals surface area contributed by atoms with Gasteiger partial charge in [0.2, 0.25) is 12.2 Å². The molecule has 2 heterocycles. The summed E-state index contributed by atoms with van der Waals surface area (Å²) in [4.78, 5) is 4.38. The summed E-state index contributed by atoms with van der Waals surface area (Å²) in [6.07, 6.45) is 0.264. The van der Waals surface area contributed by atoms with Crippen molar-refractivity contribution in [2.75, 3.05) is 0 Å². The number of rotatable bonds is 5. The normalized spacial score (nSPS) is 12.5. The van der Waals surface area contributed by atoms with Crippen LogP contribution in [0.15, 0.2) is 51.5 Å². The summed E-state index contributed by atoms with van der Waals surface area (Å²) in [5, 5.41) is 13.3. The van der Waals surface area contributed by atoms with E-state index in [0.717, 1.165) is 5.56 Å². The van der Waals surface area contributed by atoms with Crippen molar-refractivity contribution in [1.29, 1.82) is 0 Å². The molecule has 3 aromatic rings. The summed E-state index contributed by atoms with van der Waals surface area (Å²) in [5.41, 5.74) is 1.52. The quantitative estimate of drug-likeness (QED) is 0.726. The molecule has 1 N–H and O–H groups in total. The first kappa shape index (κ1) is 13.5. The van der Waals surface area contributed by atoms with E-state index in [1.54, 1.807) is 6.92 Å². The average molecular weight is 286 g/mol. The van der Waals surface area contributed by atoms with Crippen molar-refractivity contribution < 1.29 is 18.8 Å². The van der Waals surface area contributed by atoms with E-state index < -0.39 is 6.29 Å². The lowest BCUT2D eigenvalue weighted by Crippen LogP contribution is -2.03. The smallest absolute Gasteiger partial charge is 0.226 e. The predicted molar refractivity (Wildman–Crippen MR) is 72.9 cm³/mol. The van der Waals surface area contributed by atoms with Gasteiger partial charge in [-0.1, -0.05) is 23.4 Å². The minimum Gasteiger partial charge on any atom is -0.441 e. The lowest BCUT2D eigenvalue weighted by Gasteiger charge is -2.06. The van der Waals surface area contributed by atoms with Crippen LogP contribution < -0.4 is 0 Å². The summed E-state index contributed by atoms with van der Waals surface area (Å²) in [6.45, 7) is 1.92. The first-order valence-corrected chi connectivity index (χ1v) is 6.46. The molecular weight excluding hydrogens is 272 g/mol. The molecule has 0 aliphatic carbocycles. The van der Waals surface area contributed by atoms with Crippen molar-refractivity contribution in [3.63, 3.8) is 0 Å². The van der Waals surface area contributed by atoms with Crippen LogP contribution in [0.4, 0.5) is 0 Å². The molecule has 0 saturated heterocycles. The van der Waals surface area contributed by atoms with E-state index in [-0.39, 0.29) is 12.4 Å². The van der Waals surface area contributed by atoms with Gasteiger partial charge in [-0.15, -0.1) is 0 Å². The first-order chi connectivity index (χ1) is 10.2. The molecule has 0 aliphatic rings. The van der Waals surface area contributed by atoms with Gasteiger partial charge in [-0.3, -0.25) is 0 Å². The van der Waals surface area contributed by atoms with Gasteiger partial charge in [-0.05, 0) is 19.1 Å². The highest BCUT2D eigenvalue weighted by molar-refractivity contribution is 5.53. The molecule has 1 atom stereocenters. The number of ether oxygens (including phenoxy) is 1. The number of hydrogen-bond donors (Lipinski definition) is 1. The molecule has 6 heteroatoms. The number of benzene rings is 1. The maximum Gasteiger partial charge on any atom is 0.226 e. The number of aromatic nitrogens is 2. The molecule has 0 saturated carbocycles. The topological polar surface area (TPSA) is 81.5 Å². The number of aryl methyl sites for hydroxylation is 1. The minimum absolute atomic E-state index is 0.115. The van der Waals surface area contributed by atoms with Crippen LogP contribution in [0.3, 0.4) is 0 Å². The first-order valence-electron chi connectivity index (χ1n) is 6.46. The Balaban J connectivity index is 1.70. The highest BCUT2D eigenvalue weighted by Gasteiger charge is 2.16. The van der Waals surface area contributed by atoms with Crippen LogP contribution in [0.2, 0.25) is 0 Å². The Morgan fingerprint density at radius 3 is 2.76 bits per heavy atom. The van der Waals surface area contributed by atoms with Gasteiger partial charge in [0.1, 0.15) is 11.5 Å². The minimum atomic E-state index is -1.18. The number of aliphatic hydroxyl groups is 1. The summed E-state index contributed by atoms with van der Waals surface area (Å²) in [7, 11) is 0. The second-order valence-electron chi connectivity index (χ2n) is 4.47. The van der Waals surface area contributed by atoms with E-state index in [9.17, 15) is 5.11 Å². The van der Waals surface area contributed by atoms with Crippen LogP contribution in [0.1, 0.15) is 23.5 Å². The second kappa shape index (κ2) is 5.90. The van der Waals surface area contributed by atoms with Gasteiger partial charge in [0.05, 0.1) is 12.8 Å². The molecule has 0 fully saturated rings. The highest BCUT2D eigenvalue weighted by atomic mass is 16.6. The van der Waals surface area contributed by atoms with Crippen molar-refractivity contribution in [3.8, 4) is 11.5 Å². The number of oxazole rings is 1. The zero-order valence-corrected chi connectivity index (χ0v) is 11.4. The molecule has 108 valence electrons. The molecule has 3 rings (SSSR count). The monoisotopic (exact) mass is 286 g/mol. The maximum absolute atomic E-state index is 9.77. The lowest BCUT2D eigenvalue weighted by molar-refractivity contribution is -0.126. The lowest BCUT2D eigenvalue weighted by atomic mass is 10.2. The summed E-state index contributed by atoms with van der Waals surface area (Å²) >= 11 is 0. The fraction of sp³-hybridized carbons (Fsp3) is 0.200. The van der Waals surface area contributed by atoms with Crippen molar-refractivity contribution in [2.45, 2.75) is 19.8 Å². The largest absolute Gasteiger partial charge is 0.441 e. The molecule has 0 amide bonds. The van der Waals surface area contributed by atoms with Crippen LogP contribution in [-0.4, -0.2) is 15.2 Å². The Bertz CT molecular complexity index is 692. The number of aliphatic hydroxyl groups excluding tert-OH is 1. The van der Waals surface area contributed by atoms with Crippen LogP contribution in [0.25, 0.3) is 11.5 Å². The van der Waals surface area contributed by atoms with Gasteiger partial charge in [-0.25, -0.2) is 4.98 Å². The van der Waals surface area contributed by atoms with Gasteiger partial charge in [0.25, 0.3) is 0 Å². The molecule has 21 heavy (non-hydrogen) atoms. The Kier molecular flexibility index (Phi) is 3.81. The predicted octanol–water partition coefficient (Wildman–Crippen LogP) is 2.85. The molecule has 2 aromatic heterocycles. The van der Waals surface area contributed by atoms with E-state index in [1.165, 1.54) is 12.3 Å². The highest BCUT2D eigenvalue weighted by Crippen LogP contribution is 2.23. The zero-order valence-electron chi connectivity index (χ0n) is 11.4. The van der Waals surface area contributed by atoms with Gasteiger partial charge in [0, 0.05) is 11.6 Å². The summed E-state index contributed by atoms with van der Waals surface area (Å²) in [6, 6.07) is 11.1. The zero-order chi connectivity index (χ0) is 14.7. The Hall–Kier alpha value is -2.44. The average Bonchev–Trinajstić information content (AvgIpc) is 3.16. The van der Waals surface area contributed by atoms with E-state index in [4.69, 9.17) is 13.7 Å². The second-order valence-corrected chi connectivity index (χ2v) is 4.47. The van der Waals surface area contributed by atoms with E-state index in [1.807, 2.05) is 30.3 Å². The molecule has 1 aromatic carbocycles. The summed E-state index contributed by atoms with van der Waals surface area (Å²) in [5.74, 6) is 1.43. The SMILES string of the molecule is Cc1oc(-c2ccccc2)nc1COC(O)c1ccno1. The van der Waals surface area contributed by atoms with Crippen LogP contribution in [0, 0.1) is 6.92 Å². The fourth-order valence-electron chi connectivity index (χ4n) is 1.86. The maximum atomic E-state index is 9.77. The molecule has 1 unspecified atom stereocenters. The Morgan fingerprint density at radius 2 is 2.05 bits per heavy atom. The fourth-order valence-corrected chi connectivity index (χ4v) is 1.86. The van der Waals surface area contributed by atoms with Gasteiger partial charge in [0.15, 0.2) is 5.76 Å². The number of nitrogens with zero attached hydrogens (tertiary/aromatic N) is 2. The van der Waals surface area contributed by atoms with Gasteiger partial charge < -0.3 is 18.8 Å². The van der Waals surface area contributed by atoms with E-state index >= 15 is 0 Å². The third-order valence-corrected chi connectivity index (χ3v) is 2.99. The van der Waals surface area contributed by atoms with Crippen LogP contribution in [-0.2, 0) is 11.3 Å². The van der Waals surface area contributed by atoms with Crippen LogP contribution in [0.5, 0.6) is 0 Å². The molecule has 0 spiro atoms. The number of hydrogen-bond acceptors (Lipinski definition) is 6. The van der Waals surface area contributed by atoms with E-state index in [2.05, 4.69) is 10.1 Å². The Labute approximate surface area is 121 Å². The molecule has 0 radical (unpaired) electrons. The van der Waals surface area contributed by atoms with Crippen molar-refractivity contribution >= 4 is 0 Å². The standard InChI is InChI=1S/C15H14N2O4/c1-10-12(9-19-15(18)13-7-8-16-21-13)17-14(20-10)11-5-3-2-4-6-11/h2-8,15,18H,9H2,1H3. The molecule has 6 nitrogen and oxygen atoms in total. The van der Waals surface area contributed by atoms with Crippen LogP contribution >= 0.6 is 0 Å². The molecule has 0 aliphatic heterocycles. The Morgan fingerprint density at radius 1 is 1.24 bits per heavy atom. The van der Waals surface area contributed by atoms with Crippen molar-refractivity contribution in [3.05, 3.63) is 59.8 Å². The summed E-state index contributed by atoms with van der Waals surface area (Å²) < 4.78 is 15.7. The van der Waals surface area contributed by atoms with Crippen molar-refractivity contribution in [2.24, 2.45) is 0 Å². The molecular formula is C15H14N2O4. The van der Waals surface area contributed by atoms with E-state index in [0.29, 0.717) is 17.3 Å². The molecule has 0 bridgehead atoms. The van der Waals surface area contributed by atoms with Gasteiger partial charge >= 0.3 is 0 Å².